The van der Waals surface area contributed by atoms with Gasteiger partial charge in [0.15, 0.2) is 0 Å². The third kappa shape index (κ3) is 3.27. The summed E-state index contributed by atoms with van der Waals surface area (Å²) in [6.07, 6.45) is 3.35. The zero-order valence-corrected chi connectivity index (χ0v) is 14.1. The molecule has 1 aliphatic rings. The van der Waals surface area contributed by atoms with Gasteiger partial charge in [-0.25, -0.2) is 4.98 Å². The van der Waals surface area contributed by atoms with Gasteiger partial charge < -0.3 is 15.0 Å². The predicted molar refractivity (Wildman–Crippen MR) is 87.4 cm³/mol. The van der Waals surface area contributed by atoms with Crippen molar-refractivity contribution in [2.75, 3.05) is 6.54 Å². The molecule has 0 aromatic carbocycles. The molecule has 0 saturated carbocycles. The molecule has 114 valence electrons. The van der Waals surface area contributed by atoms with Crippen LogP contribution in [0.15, 0.2) is 17.7 Å². The van der Waals surface area contributed by atoms with Gasteiger partial charge in [0.25, 0.3) is 0 Å². The first kappa shape index (κ1) is 16.8. The lowest BCUT2D eigenvalue weighted by Gasteiger charge is -2.32. The molecule has 7 heteroatoms. The molecule has 1 aromatic rings. The summed E-state index contributed by atoms with van der Waals surface area (Å²) in [5, 5.41) is 0.836. The minimum Gasteiger partial charge on any atom is -0.400 e. The minimum atomic E-state index is -0.521. The molecular formula is C14H19BCl2N2O2. The highest BCUT2D eigenvalue weighted by Gasteiger charge is 2.52. The van der Waals surface area contributed by atoms with Gasteiger partial charge in [0.1, 0.15) is 5.15 Å². The summed E-state index contributed by atoms with van der Waals surface area (Å²) in [5.41, 5.74) is 6.39. The van der Waals surface area contributed by atoms with Crippen molar-refractivity contribution in [2.24, 2.45) is 5.73 Å². The summed E-state index contributed by atoms with van der Waals surface area (Å²) >= 11 is 12.2. The summed E-state index contributed by atoms with van der Waals surface area (Å²) in [5.74, 6) is 0. The van der Waals surface area contributed by atoms with Gasteiger partial charge in [-0.05, 0) is 39.2 Å². The Morgan fingerprint density at radius 2 is 1.86 bits per heavy atom. The second-order valence-electron chi connectivity index (χ2n) is 6.01. The van der Waals surface area contributed by atoms with Gasteiger partial charge in [-0.1, -0.05) is 29.3 Å². The van der Waals surface area contributed by atoms with Crippen LogP contribution in [0.1, 0.15) is 33.3 Å². The molecule has 1 fully saturated rings. The van der Waals surface area contributed by atoms with Crippen molar-refractivity contribution in [3.05, 3.63) is 33.5 Å². The number of nitrogens with zero attached hydrogens (tertiary/aromatic N) is 1. The van der Waals surface area contributed by atoms with Gasteiger partial charge in [-0.3, -0.25) is 0 Å². The van der Waals surface area contributed by atoms with Gasteiger partial charge >= 0.3 is 7.12 Å². The summed E-state index contributed by atoms with van der Waals surface area (Å²) < 4.78 is 12.0. The Bertz CT molecular complexity index is 540. The molecule has 2 N–H and O–H groups in total. The van der Waals surface area contributed by atoms with Crippen molar-refractivity contribution >= 4 is 36.4 Å². The predicted octanol–water partition coefficient (Wildman–Crippen LogP) is 3.36. The van der Waals surface area contributed by atoms with Crippen LogP contribution in [-0.2, 0) is 9.31 Å². The highest BCUT2D eigenvalue weighted by atomic mass is 35.5. The maximum Gasteiger partial charge on any atom is 0.491 e. The van der Waals surface area contributed by atoms with Crippen LogP contribution in [0.4, 0.5) is 0 Å². The van der Waals surface area contributed by atoms with Gasteiger partial charge in [0, 0.05) is 18.3 Å². The zero-order chi connectivity index (χ0) is 15.8. The van der Waals surface area contributed by atoms with Gasteiger partial charge in [0.2, 0.25) is 0 Å². The van der Waals surface area contributed by atoms with Crippen LogP contribution < -0.4 is 5.73 Å². The fourth-order valence-electron chi connectivity index (χ4n) is 1.96. The van der Waals surface area contributed by atoms with Crippen LogP contribution in [0.25, 0.3) is 6.08 Å². The topological polar surface area (TPSA) is 57.4 Å². The van der Waals surface area contributed by atoms with E-state index in [4.69, 9.17) is 38.2 Å². The van der Waals surface area contributed by atoms with Gasteiger partial charge in [-0.2, -0.15) is 0 Å². The van der Waals surface area contributed by atoms with E-state index in [2.05, 4.69) is 4.98 Å². The van der Waals surface area contributed by atoms with Crippen LogP contribution in [0.5, 0.6) is 0 Å². The third-order valence-electron chi connectivity index (χ3n) is 4.01. The Morgan fingerprint density at radius 1 is 1.29 bits per heavy atom. The fraction of sp³-hybridized carbons (Fsp3) is 0.500. The molecule has 0 amide bonds. The maximum atomic E-state index is 6.16. The van der Waals surface area contributed by atoms with E-state index in [1.807, 2.05) is 27.7 Å². The molecule has 1 aromatic heterocycles. The standard InChI is InChI=1S/C14H19BCl2N2O2/c1-13(2)14(3,4)21-15(20-13)9(8-18)7-10-11(16)5-6-19-12(10)17/h5-7H,8,18H2,1-4H3. The molecule has 2 heterocycles. The first-order valence-corrected chi connectivity index (χ1v) is 7.50. The summed E-state index contributed by atoms with van der Waals surface area (Å²) in [6.45, 7) is 8.24. The van der Waals surface area contributed by atoms with Crippen molar-refractivity contribution < 1.29 is 9.31 Å². The van der Waals surface area contributed by atoms with E-state index in [0.717, 1.165) is 5.47 Å². The van der Waals surface area contributed by atoms with E-state index >= 15 is 0 Å². The van der Waals surface area contributed by atoms with E-state index < -0.39 is 18.3 Å². The average Bonchev–Trinajstić information content (AvgIpc) is 2.58. The average molecular weight is 329 g/mol. The Hall–Kier alpha value is -0.585. The molecule has 1 saturated heterocycles. The lowest BCUT2D eigenvalue weighted by atomic mass is 9.77. The van der Waals surface area contributed by atoms with Crippen LogP contribution in [0.3, 0.4) is 0 Å². The SMILES string of the molecule is CC1(C)OB(C(=Cc2c(Cl)ccnc2Cl)CN)OC1(C)C. The van der Waals surface area contributed by atoms with Crippen molar-refractivity contribution in [3.8, 4) is 0 Å². The first-order valence-electron chi connectivity index (χ1n) is 6.74. The molecule has 0 radical (unpaired) electrons. The first-order chi connectivity index (χ1) is 9.68. The summed E-state index contributed by atoms with van der Waals surface area (Å²) in [6, 6.07) is 1.68. The normalized spacial score (nSPS) is 20.9. The molecule has 0 aliphatic carbocycles. The lowest BCUT2D eigenvalue weighted by Crippen LogP contribution is -2.41. The van der Waals surface area contributed by atoms with E-state index in [1.54, 1.807) is 18.3 Å². The smallest absolute Gasteiger partial charge is 0.400 e. The fourth-order valence-corrected chi connectivity index (χ4v) is 2.42. The Morgan fingerprint density at radius 3 is 2.33 bits per heavy atom. The number of pyridine rings is 1. The number of hydrogen-bond acceptors (Lipinski definition) is 4. The molecule has 1 aliphatic heterocycles. The van der Waals surface area contributed by atoms with Crippen molar-refractivity contribution in [2.45, 2.75) is 38.9 Å². The van der Waals surface area contributed by atoms with Gasteiger partial charge in [0.05, 0.1) is 16.2 Å². The van der Waals surface area contributed by atoms with Crippen LogP contribution in [0, 0.1) is 0 Å². The molecule has 0 spiro atoms. The number of aromatic nitrogens is 1. The number of nitrogens with two attached hydrogens (primary N) is 1. The highest BCUT2D eigenvalue weighted by molar-refractivity contribution is 6.56. The van der Waals surface area contributed by atoms with Crippen LogP contribution in [0.2, 0.25) is 10.2 Å². The Kier molecular flexibility index (Phi) is 4.71. The van der Waals surface area contributed by atoms with E-state index in [0.29, 0.717) is 15.7 Å². The monoisotopic (exact) mass is 328 g/mol. The lowest BCUT2D eigenvalue weighted by molar-refractivity contribution is 0.00578. The van der Waals surface area contributed by atoms with Crippen molar-refractivity contribution in [3.63, 3.8) is 0 Å². The second-order valence-corrected chi connectivity index (χ2v) is 6.77. The minimum absolute atomic E-state index is 0.276. The van der Waals surface area contributed by atoms with Crippen LogP contribution >= 0.6 is 23.2 Å². The third-order valence-corrected chi connectivity index (χ3v) is 4.64. The summed E-state index contributed by atoms with van der Waals surface area (Å²) in [7, 11) is -0.521. The number of halogens is 2. The second kappa shape index (κ2) is 5.90. The Balaban J connectivity index is 2.36. The van der Waals surface area contributed by atoms with E-state index in [1.165, 1.54) is 0 Å². The van der Waals surface area contributed by atoms with E-state index in [-0.39, 0.29) is 6.54 Å². The highest BCUT2D eigenvalue weighted by Crippen LogP contribution is 2.39. The van der Waals surface area contributed by atoms with Crippen molar-refractivity contribution in [1.82, 2.24) is 4.98 Å². The molecule has 0 unspecified atom stereocenters. The molecule has 4 nitrogen and oxygen atoms in total. The molecule has 21 heavy (non-hydrogen) atoms. The van der Waals surface area contributed by atoms with Gasteiger partial charge in [-0.15, -0.1) is 0 Å². The van der Waals surface area contributed by atoms with Crippen LogP contribution in [-0.4, -0.2) is 29.8 Å². The number of hydrogen-bond donors (Lipinski definition) is 1. The Labute approximate surface area is 135 Å². The summed E-state index contributed by atoms with van der Waals surface area (Å²) in [4.78, 5) is 4.03. The van der Waals surface area contributed by atoms with E-state index in [9.17, 15) is 0 Å². The molecule has 2 rings (SSSR count). The number of rotatable bonds is 3. The molecule has 0 bridgehead atoms. The maximum absolute atomic E-state index is 6.16. The molecule has 0 atom stereocenters. The quantitative estimate of drug-likeness (QED) is 0.682. The van der Waals surface area contributed by atoms with Crippen molar-refractivity contribution in [1.29, 1.82) is 0 Å². The largest absolute Gasteiger partial charge is 0.491 e. The zero-order valence-electron chi connectivity index (χ0n) is 12.6. The molecular weight excluding hydrogens is 310 g/mol.